The first-order chi connectivity index (χ1) is 18.4. The molecular formula is C29H37N9. The Morgan fingerprint density at radius 1 is 0.868 bits per heavy atom. The van der Waals surface area contributed by atoms with Gasteiger partial charge in [-0.2, -0.15) is 20.3 Å². The molecule has 2 fully saturated rings. The molecule has 9 nitrogen and oxygen atoms in total. The lowest BCUT2D eigenvalue weighted by molar-refractivity contribution is 0.146. The molecule has 38 heavy (non-hydrogen) atoms. The molecule has 6 rings (SSSR count). The van der Waals surface area contributed by atoms with Crippen molar-refractivity contribution in [2.75, 3.05) is 51.2 Å². The summed E-state index contributed by atoms with van der Waals surface area (Å²) in [4.78, 5) is 16.5. The molecule has 0 amide bonds. The number of aromatic nitrogens is 6. The Bertz CT molecular complexity index is 1400. The number of anilines is 1. The van der Waals surface area contributed by atoms with Crippen LogP contribution in [0, 0.1) is 26.7 Å². The highest BCUT2D eigenvalue weighted by atomic mass is 15.3. The molecule has 3 aromatic heterocycles. The Labute approximate surface area is 224 Å². The van der Waals surface area contributed by atoms with Crippen molar-refractivity contribution in [1.82, 2.24) is 39.6 Å². The van der Waals surface area contributed by atoms with E-state index in [0.29, 0.717) is 11.7 Å². The van der Waals surface area contributed by atoms with Gasteiger partial charge in [-0.1, -0.05) is 12.1 Å². The number of rotatable bonds is 6. The summed E-state index contributed by atoms with van der Waals surface area (Å²) in [6, 6.07) is 13.0. The zero-order chi connectivity index (χ0) is 26.2. The summed E-state index contributed by atoms with van der Waals surface area (Å²) in [6.07, 6.45) is 2.19. The molecule has 4 aromatic rings. The molecule has 0 saturated carbocycles. The minimum absolute atomic E-state index is 0.592. The van der Waals surface area contributed by atoms with E-state index in [1.54, 1.807) is 0 Å². The lowest BCUT2D eigenvalue weighted by atomic mass is 9.96. The first-order valence-electron chi connectivity index (χ1n) is 13.7. The summed E-state index contributed by atoms with van der Waals surface area (Å²) < 4.78 is 1.89. The SMILES string of the molecule is Cc1nc2nc(C)c(C[C@@H]3CCN(c4ccc(-c5ccc(CN6CCN(C)CC6)nn5)cc4)C3)c(C)n2n1. The van der Waals surface area contributed by atoms with Gasteiger partial charge in [0.15, 0.2) is 0 Å². The third kappa shape index (κ3) is 5.13. The van der Waals surface area contributed by atoms with Crippen LogP contribution in [0.4, 0.5) is 5.69 Å². The molecule has 0 radical (unpaired) electrons. The van der Waals surface area contributed by atoms with Crippen LogP contribution in [-0.2, 0) is 13.0 Å². The molecule has 9 heteroatoms. The highest BCUT2D eigenvalue weighted by molar-refractivity contribution is 5.63. The Hall–Kier alpha value is -3.43. The molecule has 1 atom stereocenters. The Morgan fingerprint density at radius 3 is 2.39 bits per heavy atom. The first-order valence-corrected chi connectivity index (χ1v) is 13.7. The van der Waals surface area contributed by atoms with E-state index in [4.69, 9.17) is 4.98 Å². The number of piperazine rings is 1. The summed E-state index contributed by atoms with van der Waals surface area (Å²) in [5.74, 6) is 2.05. The molecule has 0 aliphatic carbocycles. The van der Waals surface area contributed by atoms with Crippen molar-refractivity contribution in [3.63, 3.8) is 0 Å². The lowest BCUT2D eigenvalue weighted by Crippen LogP contribution is -2.44. The van der Waals surface area contributed by atoms with Gasteiger partial charge in [-0.25, -0.2) is 9.50 Å². The Morgan fingerprint density at radius 2 is 1.66 bits per heavy atom. The topological polar surface area (TPSA) is 78.6 Å². The van der Waals surface area contributed by atoms with Crippen LogP contribution >= 0.6 is 0 Å². The molecule has 198 valence electrons. The van der Waals surface area contributed by atoms with Gasteiger partial charge in [-0.15, -0.1) is 0 Å². The van der Waals surface area contributed by atoms with E-state index in [1.807, 2.05) is 11.4 Å². The van der Waals surface area contributed by atoms with E-state index in [-0.39, 0.29) is 0 Å². The van der Waals surface area contributed by atoms with Crippen LogP contribution in [0.1, 0.15) is 34.9 Å². The predicted octanol–water partition coefficient (Wildman–Crippen LogP) is 3.32. The monoisotopic (exact) mass is 511 g/mol. The van der Waals surface area contributed by atoms with Gasteiger partial charge in [-0.3, -0.25) is 4.90 Å². The average molecular weight is 512 g/mol. The summed E-state index contributed by atoms with van der Waals surface area (Å²) in [6.45, 7) is 13.6. The Kier molecular flexibility index (Phi) is 6.80. The van der Waals surface area contributed by atoms with Gasteiger partial charge < -0.3 is 9.80 Å². The highest BCUT2D eigenvalue weighted by Gasteiger charge is 2.25. The van der Waals surface area contributed by atoms with Crippen LogP contribution in [-0.4, -0.2) is 85.9 Å². The van der Waals surface area contributed by atoms with Crippen molar-refractivity contribution in [3.8, 4) is 11.3 Å². The number of benzene rings is 1. The predicted molar refractivity (Wildman–Crippen MR) is 149 cm³/mol. The number of hydrogen-bond acceptors (Lipinski definition) is 8. The normalized spacial score (nSPS) is 19.1. The number of nitrogens with zero attached hydrogens (tertiary/aromatic N) is 9. The molecule has 2 aliphatic heterocycles. The summed E-state index contributed by atoms with van der Waals surface area (Å²) >= 11 is 0. The standard InChI is InChI=1S/C29H37N9/c1-20-27(21(2)38-29(30-20)31-22(3)34-38)17-23-11-12-37(18-23)26-8-5-24(6-9-26)28-10-7-25(32-33-28)19-36-15-13-35(4)14-16-36/h5-10,23H,11-19H2,1-4H3/t23-/m0/s1. The maximum Gasteiger partial charge on any atom is 0.252 e. The number of likely N-dealkylation sites (N-methyl/N-ethyl adjacent to an activating group) is 1. The highest BCUT2D eigenvalue weighted by Crippen LogP contribution is 2.29. The molecule has 2 saturated heterocycles. The smallest absolute Gasteiger partial charge is 0.252 e. The zero-order valence-electron chi connectivity index (χ0n) is 22.9. The molecule has 1 aromatic carbocycles. The second-order valence-corrected chi connectivity index (χ2v) is 11.0. The lowest BCUT2D eigenvalue weighted by Gasteiger charge is -2.31. The van der Waals surface area contributed by atoms with E-state index in [9.17, 15) is 0 Å². The fourth-order valence-corrected chi connectivity index (χ4v) is 5.80. The van der Waals surface area contributed by atoms with Crippen LogP contribution in [0.2, 0.25) is 0 Å². The van der Waals surface area contributed by atoms with Crippen molar-refractivity contribution < 1.29 is 0 Å². The third-order valence-electron chi connectivity index (χ3n) is 8.16. The molecular weight excluding hydrogens is 474 g/mol. The summed E-state index contributed by atoms with van der Waals surface area (Å²) in [5.41, 5.74) is 7.88. The van der Waals surface area contributed by atoms with Gasteiger partial charge in [0.05, 0.1) is 11.4 Å². The number of hydrogen-bond donors (Lipinski definition) is 0. The second-order valence-electron chi connectivity index (χ2n) is 11.0. The largest absolute Gasteiger partial charge is 0.371 e. The number of fused-ring (bicyclic) bond motifs is 1. The fourth-order valence-electron chi connectivity index (χ4n) is 5.80. The van der Waals surface area contributed by atoms with Crippen molar-refractivity contribution in [2.24, 2.45) is 5.92 Å². The average Bonchev–Trinajstić information content (AvgIpc) is 3.55. The van der Waals surface area contributed by atoms with E-state index < -0.39 is 0 Å². The van der Waals surface area contributed by atoms with E-state index >= 15 is 0 Å². The maximum absolute atomic E-state index is 4.71. The maximum atomic E-state index is 4.71. The minimum atomic E-state index is 0.592. The van der Waals surface area contributed by atoms with E-state index in [2.05, 4.69) is 92.3 Å². The zero-order valence-corrected chi connectivity index (χ0v) is 22.9. The van der Waals surface area contributed by atoms with Crippen LogP contribution in [0.5, 0.6) is 0 Å². The molecule has 0 unspecified atom stereocenters. The molecule has 2 aliphatic rings. The van der Waals surface area contributed by atoms with Gasteiger partial charge >= 0.3 is 0 Å². The van der Waals surface area contributed by atoms with Crippen LogP contribution in [0.15, 0.2) is 36.4 Å². The van der Waals surface area contributed by atoms with Gasteiger partial charge in [0, 0.05) is 68.5 Å². The fraction of sp³-hybridized carbons (Fsp3) is 0.483. The van der Waals surface area contributed by atoms with Crippen molar-refractivity contribution in [3.05, 3.63) is 64.9 Å². The van der Waals surface area contributed by atoms with Gasteiger partial charge in [0.1, 0.15) is 5.82 Å². The quantitative estimate of drug-likeness (QED) is 0.390. The molecule has 0 spiro atoms. The Balaban J connectivity index is 1.08. The van der Waals surface area contributed by atoms with E-state index in [0.717, 1.165) is 86.4 Å². The van der Waals surface area contributed by atoms with Gasteiger partial charge in [0.25, 0.3) is 5.78 Å². The molecule has 0 bridgehead atoms. The van der Waals surface area contributed by atoms with Crippen molar-refractivity contribution >= 4 is 11.5 Å². The molecule has 0 N–H and O–H groups in total. The van der Waals surface area contributed by atoms with E-state index in [1.165, 1.54) is 17.7 Å². The van der Waals surface area contributed by atoms with Gasteiger partial charge in [-0.05, 0) is 76.4 Å². The third-order valence-corrected chi connectivity index (χ3v) is 8.16. The minimum Gasteiger partial charge on any atom is -0.371 e. The van der Waals surface area contributed by atoms with Crippen LogP contribution < -0.4 is 4.90 Å². The van der Waals surface area contributed by atoms with Crippen molar-refractivity contribution in [2.45, 2.75) is 40.2 Å². The second kappa shape index (κ2) is 10.4. The van der Waals surface area contributed by atoms with Gasteiger partial charge in [0.2, 0.25) is 0 Å². The molecule has 5 heterocycles. The van der Waals surface area contributed by atoms with Crippen LogP contribution in [0.25, 0.3) is 17.0 Å². The number of aryl methyl sites for hydroxylation is 3. The van der Waals surface area contributed by atoms with Crippen molar-refractivity contribution in [1.29, 1.82) is 0 Å². The summed E-state index contributed by atoms with van der Waals surface area (Å²) in [5, 5.41) is 13.6. The first kappa shape index (κ1) is 24.9. The summed E-state index contributed by atoms with van der Waals surface area (Å²) in [7, 11) is 2.18. The van der Waals surface area contributed by atoms with Crippen LogP contribution in [0.3, 0.4) is 0 Å².